The number of unbranched alkanes of at least 4 members (excludes halogenated alkanes) is 18. The fourth-order valence-electron chi connectivity index (χ4n) is 6.55. The van der Waals surface area contributed by atoms with Crippen LogP contribution in [-0.4, -0.2) is 90.2 Å². The van der Waals surface area contributed by atoms with Crippen LogP contribution in [0.25, 0.3) is 0 Å². The summed E-state index contributed by atoms with van der Waals surface area (Å²) >= 11 is 0. The molecular weight excluding hydrogens is 696 g/mol. The van der Waals surface area contributed by atoms with Crippen molar-refractivity contribution in [3.05, 3.63) is 29.8 Å². The number of quaternary nitrogens is 1. The van der Waals surface area contributed by atoms with Gasteiger partial charge in [-0.05, 0) is 44.5 Å². The topological polar surface area (TPSA) is 104 Å². The van der Waals surface area contributed by atoms with E-state index in [0.29, 0.717) is 36.5 Å². The maximum Gasteiger partial charge on any atom is 0.332 e. The van der Waals surface area contributed by atoms with E-state index in [1.807, 2.05) is 4.90 Å². The quantitative estimate of drug-likeness (QED) is 0.0352. The molecule has 0 heterocycles. The summed E-state index contributed by atoms with van der Waals surface area (Å²) in [5.41, 5.74) is -1.79. The molecule has 0 unspecified atom stereocenters. The third-order valence-corrected chi connectivity index (χ3v) is 9.68. The number of carboxylic acids is 2. The van der Waals surface area contributed by atoms with Gasteiger partial charge in [-0.3, -0.25) is 14.5 Å². The number of rotatable bonds is 33. The fourth-order valence-corrected chi connectivity index (χ4v) is 6.55. The lowest BCUT2D eigenvalue weighted by atomic mass is 9.82. The Hall–Kier alpha value is -1.97. The molecule has 0 aliphatic heterocycles. The summed E-state index contributed by atoms with van der Waals surface area (Å²) in [7, 11) is 6.17. The van der Waals surface area contributed by atoms with Crippen LogP contribution in [0.5, 0.6) is 5.75 Å². The minimum atomic E-state index is -1.99. The van der Waals surface area contributed by atoms with E-state index in [1.54, 1.807) is 24.3 Å². The van der Waals surface area contributed by atoms with Crippen LogP contribution < -0.4 is 21.7 Å². The Morgan fingerprint density at radius 2 is 1.10 bits per heavy atom. The van der Waals surface area contributed by atoms with Gasteiger partial charge in [-0.15, -0.1) is 0 Å². The third-order valence-electron chi connectivity index (χ3n) is 9.68. The van der Waals surface area contributed by atoms with Crippen LogP contribution in [0, 0.1) is 0 Å². The molecule has 1 aromatic carbocycles. The number of ether oxygens (including phenoxy) is 1. The minimum Gasteiger partial charge on any atom is -1.00 e. The highest BCUT2D eigenvalue weighted by atomic mass is 79.9. The Balaban J connectivity index is 0.0000240. The number of carbonyl (C=O) groups excluding carboxylic acids is 1. The van der Waals surface area contributed by atoms with Crippen molar-refractivity contribution in [2.75, 3.05) is 47.4 Å². The molecule has 50 heavy (non-hydrogen) atoms. The van der Waals surface area contributed by atoms with Crippen LogP contribution in [0.15, 0.2) is 24.3 Å². The van der Waals surface area contributed by atoms with Gasteiger partial charge in [0.1, 0.15) is 18.9 Å². The summed E-state index contributed by atoms with van der Waals surface area (Å²) in [6, 6.07) is 6.84. The lowest BCUT2D eigenvalue weighted by Crippen LogP contribution is -3.00. The van der Waals surface area contributed by atoms with Crippen molar-refractivity contribution in [1.82, 2.24) is 4.90 Å². The van der Waals surface area contributed by atoms with Crippen LogP contribution in [-0.2, 0) is 9.59 Å². The zero-order chi connectivity index (χ0) is 36.4. The average Bonchev–Trinajstić information content (AvgIpc) is 3.05. The molecule has 1 rings (SSSR count). The van der Waals surface area contributed by atoms with E-state index in [4.69, 9.17) is 4.74 Å². The van der Waals surface area contributed by atoms with E-state index < -0.39 is 29.7 Å². The molecule has 1 aromatic rings. The predicted molar refractivity (Wildman–Crippen MR) is 202 cm³/mol. The van der Waals surface area contributed by atoms with E-state index >= 15 is 0 Å². The molecule has 0 aliphatic carbocycles. The largest absolute Gasteiger partial charge is 1.00 e. The Bertz CT molecular complexity index is 1020. The van der Waals surface area contributed by atoms with Crippen molar-refractivity contribution in [3.63, 3.8) is 0 Å². The van der Waals surface area contributed by atoms with E-state index in [9.17, 15) is 24.6 Å². The van der Waals surface area contributed by atoms with Gasteiger partial charge in [0, 0.05) is 6.42 Å². The number of ketones is 1. The van der Waals surface area contributed by atoms with E-state index in [1.165, 1.54) is 77.0 Å². The minimum absolute atomic E-state index is 0. The molecule has 9 heteroatoms. The summed E-state index contributed by atoms with van der Waals surface area (Å²) in [5, 5.41) is 20.7. The van der Waals surface area contributed by atoms with Crippen LogP contribution in [0.4, 0.5) is 0 Å². The zero-order valence-electron chi connectivity index (χ0n) is 32.5. The van der Waals surface area contributed by atoms with Gasteiger partial charge in [0.25, 0.3) is 0 Å². The van der Waals surface area contributed by atoms with Gasteiger partial charge in [-0.1, -0.05) is 142 Å². The van der Waals surface area contributed by atoms with Crippen LogP contribution in [0.3, 0.4) is 0 Å². The van der Waals surface area contributed by atoms with Crippen molar-refractivity contribution in [1.29, 1.82) is 0 Å². The fraction of sp³-hybridized carbons (Fsp3) is 0.780. The maximum atomic E-state index is 14.6. The molecule has 0 radical (unpaired) electrons. The molecule has 1 atom stereocenters. The Labute approximate surface area is 316 Å². The monoisotopic (exact) mass is 768 g/mol. The lowest BCUT2D eigenvalue weighted by Gasteiger charge is -2.40. The summed E-state index contributed by atoms with van der Waals surface area (Å²) in [6.45, 7) is 6.41. The first-order valence-electron chi connectivity index (χ1n) is 19.8. The zero-order valence-corrected chi connectivity index (χ0v) is 34.1. The average molecular weight is 770 g/mol. The molecule has 0 aromatic heterocycles. The molecule has 8 nitrogen and oxygen atoms in total. The number of hydrogen-bond donors (Lipinski definition) is 2. The van der Waals surface area contributed by atoms with Gasteiger partial charge in [0.2, 0.25) is 0 Å². The second kappa shape index (κ2) is 28.6. The highest BCUT2D eigenvalue weighted by molar-refractivity contribution is 6.17. The highest BCUT2D eigenvalue weighted by Crippen LogP contribution is 2.33. The first kappa shape index (κ1) is 48.0. The Kier molecular flexibility index (Phi) is 27.5. The standard InChI is InChI=1S/C41H72N2O6.BrH/c1-6-8-10-12-14-16-18-20-22-26-32-42(33-27-23-21-19-17-15-13-11-9-7-2)41(40(47)48,31-30-38(44)45)39(46)36-28-24-25-29-37(36)49-35-34-43(3,4)5;/h24-25,28-29H,6-23,26-27,30-35H2,1-5H3,(H-,44,45,47,48);1H/t41-;/m1./s1. The predicted octanol–water partition coefficient (Wildman–Crippen LogP) is 6.79. The normalized spacial score (nSPS) is 12.8. The Morgan fingerprint density at radius 1 is 0.680 bits per heavy atom. The second-order valence-corrected chi connectivity index (χ2v) is 15.1. The van der Waals surface area contributed by atoms with Crippen LogP contribution in [0.1, 0.15) is 165 Å². The van der Waals surface area contributed by atoms with Crippen molar-refractivity contribution < 1.29 is 50.8 Å². The first-order valence-corrected chi connectivity index (χ1v) is 19.8. The van der Waals surface area contributed by atoms with E-state index in [-0.39, 0.29) is 29.0 Å². The lowest BCUT2D eigenvalue weighted by molar-refractivity contribution is -0.870. The molecule has 0 spiro atoms. The molecule has 0 saturated heterocycles. The van der Waals surface area contributed by atoms with Crippen LogP contribution >= 0.6 is 0 Å². The molecule has 0 aliphatic rings. The van der Waals surface area contributed by atoms with Crippen molar-refractivity contribution in [2.24, 2.45) is 0 Å². The van der Waals surface area contributed by atoms with Gasteiger partial charge >= 0.3 is 11.9 Å². The summed E-state index contributed by atoms with van der Waals surface area (Å²) < 4.78 is 6.76. The van der Waals surface area contributed by atoms with Gasteiger partial charge in [0.15, 0.2) is 11.3 Å². The highest BCUT2D eigenvalue weighted by Gasteiger charge is 2.51. The van der Waals surface area contributed by atoms with Crippen molar-refractivity contribution in [2.45, 2.75) is 161 Å². The second-order valence-electron chi connectivity index (χ2n) is 15.1. The number of halogens is 1. The van der Waals surface area contributed by atoms with Gasteiger partial charge in [-0.25, -0.2) is 4.79 Å². The molecule has 0 fully saturated rings. The van der Waals surface area contributed by atoms with Crippen LogP contribution in [0.2, 0.25) is 0 Å². The summed E-state index contributed by atoms with van der Waals surface area (Å²) in [6.07, 6.45) is 22.4. The molecule has 290 valence electrons. The van der Waals surface area contributed by atoms with Crippen molar-refractivity contribution >= 4 is 17.7 Å². The number of aliphatic carboxylic acids is 2. The number of carbonyl (C=O) groups is 3. The van der Waals surface area contributed by atoms with Gasteiger partial charge < -0.3 is 36.4 Å². The number of likely N-dealkylation sites (N-methyl/N-ethyl adjacent to an activating group) is 1. The molecule has 2 N–H and O–H groups in total. The molecule has 0 amide bonds. The summed E-state index contributed by atoms with van der Waals surface area (Å²) in [5.74, 6) is -2.62. The van der Waals surface area contributed by atoms with E-state index in [0.717, 1.165) is 51.4 Å². The molecule has 0 bridgehead atoms. The number of carboxylic acid groups (broad SMARTS) is 2. The first-order chi connectivity index (χ1) is 23.5. The number of hydrogen-bond acceptors (Lipinski definition) is 5. The molecule has 0 saturated carbocycles. The smallest absolute Gasteiger partial charge is 0.332 e. The van der Waals surface area contributed by atoms with Crippen molar-refractivity contribution in [3.8, 4) is 5.75 Å². The number of Topliss-reactive ketones (excluding diaryl/α,β-unsaturated/α-hetero) is 1. The number of nitrogens with zero attached hydrogens (tertiary/aromatic N) is 2. The SMILES string of the molecule is CCCCCCCCCCCCN(CCCCCCCCCCCC)[C@@](CCC(=O)O)(C(=O)O)C(=O)c1ccccc1OCC[N+](C)(C)C.[Br-]. The molecular formula is C41H73BrN2O6. The number of benzene rings is 1. The summed E-state index contributed by atoms with van der Waals surface area (Å²) in [4.78, 5) is 41.7. The van der Waals surface area contributed by atoms with E-state index in [2.05, 4.69) is 35.0 Å². The number of para-hydroxylation sites is 1. The van der Waals surface area contributed by atoms with Gasteiger partial charge in [-0.2, -0.15) is 0 Å². The third kappa shape index (κ3) is 20.2. The van der Waals surface area contributed by atoms with Gasteiger partial charge in [0.05, 0.1) is 26.7 Å². The Morgan fingerprint density at radius 3 is 1.50 bits per heavy atom. The maximum absolute atomic E-state index is 14.6.